The number of amides is 3. The molecule has 0 saturated heterocycles. The Balaban J connectivity index is 0.000000266. The van der Waals surface area contributed by atoms with Gasteiger partial charge in [0.05, 0.1) is 38.9 Å². The number of non-ortho nitro benzene ring substituents is 1. The Morgan fingerprint density at radius 3 is 1.49 bits per heavy atom. The number of carbonyl (C=O) groups excluding carboxylic acids is 6. The summed E-state index contributed by atoms with van der Waals surface area (Å²) in [5.41, 5.74) is 1.43. The fourth-order valence-corrected chi connectivity index (χ4v) is 9.28. The number of nitro benzene ring substituents is 1. The lowest BCUT2D eigenvalue weighted by Gasteiger charge is -2.28. The van der Waals surface area contributed by atoms with Crippen LogP contribution in [0.5, 0.6) is 5.75 Å². The largest absolute Gasteiger partial charge is 0.448 e. The quantitative estimate of drug-likeness (QED) is 0.00939. The number of anilines is 2. The van der Waals surface area contributed by atoms with Crippen LogP contribution in [0, 0.1) is 32.6 Å². The number of esters is 1. The topological polar surface area (TPSA) is 286 Å². The highest BCUT2D eigenvalue weighted by atomic mass is 35.5. The number of nitrogens with zero attached hydrogens (tertiary/aromatic N) is 4. The zero-order chi connectivity index (χ0) is 66.1. The molecule has 20 nitrogen and oxygen atoms in total. The summed E-state index contributed by atoms with van der Waals surface area (Å²) in [6.45, 7) is -0.271. The van der Waals surface area contributed by atoms with Crippen molar-refractivity contribution < 1.29 is 56.7 Å². The number of benzene rings is 7. The van der Waals surface area contributed by atoms with E-state index in [4.69, 9.17) is 48.2 Å². The Kier molecular flexibility index (Phi) is 29.8. The fraction of sp³-hybridized carbons (Fsp3) is 0.176. The minimum Gasteiger partial charge on any atom is -0.448 e. The summed E-state index contributed by atoms with van der Waals surface area (Å²) in [7, 11) is 3.20. The molecule has 2 atom stereocenters. The summed E-state index contributed by atoms with van der Waals surface area (Å²) in [6, 6.07) is 48.5. The highest BCUT2D eigenvalue weighted by Crippen LogP contribution is 2.25. The lowest BCUT2D eigenvalue weighted by molar-refractivity contribution is -0.384. The second-order valence-corrected chi connectivity index (χ2v) is 21.1. The second-order valence-electron chi connectivity index (χ2n) is 20.3. The van der Waals surface area contributed by atoms with Crippen molar-refractivity contribution in [3.8, 4) is 5.75 Å². The molecule has 488 valence electrons. The van der Waals surface area contributed by atoms with Gasteiger partial charge >= 0.3 is 18.2 Å². The maximum Gasteiger partial charge on any atom is 0.412 e. The van der Waals surface area contributed by atoms with Gasteiger partial charge in [0.15, 0.2) is 0 Å². The van der Waals surface area contributed by atoms with E-state index in [2.05, 4.69) is 25.9 Å². The molecule has 2 aromatic heterocycles. The van der Waals surface area contributed by atoms with Crippen molar-refractivity contribution in [1.29, 1.82) is 10.8 Å². The van der Waals surface area contributed by atoms with Crippen LogP contribution in [0.4, 0.5) is 35.7 Å². The first-order chi connectivity index (χ1) is 44.3. The van der Waals surface area contributed by atoms with Crippen molar-refractivity contribution in [2.24, 2.45) is 0 Å². The molecule has 0 aliphatic carbocycles. The van der Waals surface area contributed by atoms with E-state index in [1.165, 1.54) is 60.5 Å². The smallest absolute Gasteiger partial charge is 0.412 e. The van der Waals surface area contributed by atoms with Crippen molar-refractivity contribution in [2.45, 2.75) is 50.6 Å². The first-order valence-corrected chi connectivity index (χ1v) is 29.2. The van der Waals surface area contributed by atoms with Crippen LogP contribution in [0.25, 0.3) is 21.5 Å². The molecule has 0 saturated carbocycles. The third kappa shape index (κ3) is 22.7. The molecular weight excluding hydrogens is 1290 g/mol. The van der Waals surface area contributed by atoms with Crippen LogP contribution in [-0.4, -0.2) is 106 Å². The molecule has 0 aliphatic heterocycles. The molecule has 0 spiro atoms. The van der Waals surface area contributed by atoms with Gasteiger partial charge in [-0.1, -0.05) is 157 Å². The second kappa shape index (κ2) is 37.5. The number of fused-ring (bicyclic) bond motifs is 2. The summed E-state index contributed by atoms with van der Waals surface area (Å²) < 4.78 is 42.8. The summed E-state index contributed by atoms with van der Waals surface area (Å²) in [4.78, 5) is 94.4. The molecule has 26 heteroatoms. The Hall–Kier alpha value is -9.98. The number of aryl methyl sites for hydroxylation is 2. The van der Waals surface area contributed by atoms with Gasteiger partial charge in [-0.25, -0.2) is 28.3 Å². The minimum atomic E-state index is -0.819. The summed E-state index contributed by atoms with van der Waals surface area (Å²) in [5, 5.41) is 38.8. The molecule has 0 aliphatic rings. The van der Waals surface area contributed by atoms with E-state index in [0.29, 0.717) is 28.1 Å². The zero-order valence-electron chi connectivity index (χ0n) is 50.6. The third-order valence-corrected chi connectivity index (χ3v) is 14.8. The maximum atomic E-state index is 13.8. The van der Waals surface area contributed by atoms with Gasteiger partial charge < -0.3 is 35.2 Å². The van der Waals surface area contributed by atoms with Gasteiger partial charge in [0, 0.05) is 78.8 Å². The zero-order valence-corrected chi connectivity index (χ0v) is 54.1. The number of ketones is 2. The number of aromatic nitrogens is 2. The molecule has 94 heavy (non-hydrogen) atoms. The average Bonchev–Trinajstić information content (AvgIpc) is 1.05. The van der Waals surface area contributed by atoms with Crippen LogP contribution < -0.4 is 20.7 Å². The van der Waals surface area contributed by atoms with Crippen molar-refractivity contribution >= 4 is 136 Å². The number of nitrogens with one attached hydrogen (secondary N) is 5. The van der Waals surface area contributed by atoms with E-state index in [1.807, 2.05) is 54.6 Å². The predicted molar refractivity (Wildman–Crippen MR) is 368 cm³/mol. The molecular formula is C68H65Cl2F2N9O11S2. The molecule has 0 unspecified atom stereocenters. The number of likely N-dealkylation sites (N-methyl/N-ethyl adjacent to an activating group) is 2. The lowest BCUT2D eigenvalue weighted by atomic mass is 10.0. The predicted octanol–water partition coefficient (Wildman–Crippen LogP) is 14.1. The summed E-state index contributed by atoms with van der Waals surface area (Å²) in [5.74, 6) is -1.94. The molecule has 5 N–H and O–H groups in total. The van der Waals surface area contributed by atoms with Gasteiger partial charge in [-0.3, -0.25) is 39.9 Å². The standard InChI is InChI=1S/C31H28ClFN4O4.C22H22N4O3.C15H11ClFNO4.2H2S/c1-37(28(38)15-14-20-12-7-13-25(33)29(20)32)24(17-26(34)30(39)21-8-3-2-4-9-21)19-41-31(40)36-27-16-22-10-5-6-11-23(22)18-35-27;1-24-18(12-19(23)21(27)15-7-3-2-4-8-15)14-29-22(28)26-20-11-16-9-5-6-10-17(16)13-25-20;16-15-10(2-1-3-13(15)17)4-9-14(19)22-12-7-5-11(6-8-12)18(20)21;;/h2-13,16,18,24,34H,14-15,17,19H2,1H3,(H,35,36,40);2-11,13,18,23-24H,12,14H2,1H3,(H,25,26,28);1-3,5-8H,4,9H2;2*1H2/t24-;18-;;;/m00.../s1. The first kappa shape index (κ1) is 74.7. The van der Waals surface area contributed by atoms with Crippen LogP contribution in [-0.2, 0) is 31.9 Å². The minimum absolute atomic E-state index is 0. The van der Waals surface area contributed by atoms with Gasteiger partial charge in [0.25, 0.3) is 5.69 Å². The molecule has 9 aromatic rings. The van der Waals surface area contributed by atoms with E-state index in [9.17, 15) is 47.7 Å². The summed E-state index contributed by atoms with van der Waals surface area (Å²) in [6.07, 6.45) is 2.27. The maximum absolute atomic E-state index is 13.8. The van der Waals surface area contributed by atoms with Gasteiger partial charge in [-0.2, -0.15) is 27.0 Å². The summed E-state index contributed by atoms with van der Waals surface area (Å²) >= 11 is 11.8. The molecule has 0 bridgehead atoms. The van der Waals surface area contributed by atoms with Crippen LogP contribution in [0.2, 0.25) is 10.0 Å². The van der Waals surface area contributed by atoms with E-state index in [0.717, 1.165) is 21.5 Å². The number of pyridine rings is 2. The lowest BCUT2D eigenvalue weighted by Crippen LogP contribution is -2.43. The van der Waals surface area contributed by atoms with Crippen molar-refractivity contribution in [1.82, 2.24) is 20.2 Å². The molecule has 0 radical (unpaired) electrons. The number of hydrogen-bond donors (Lipinski definition) is 5. The number of halogens is 4. The van der Waals surface area contributed by atoms with Crippen LogP contribution in [0.1, 0.15) is 57.5 Å². The van der Waals surface area contributed by atoms with Crippen molar-refractivity contribution in [3.05, 3.63) is 248 Å². The highest BCUT2D eigenvalue weighted by molar-refractivity contribution is 7.59. The Labute approximate surface area is 563 Å². The molecule has 3 amide bonds. The first-order valence-electron chi connectivity index (χ1n) is 28.4. The Bertz CT molecular complexity index is 4130. The third-order valence-electron chi connectivity index (χ3n) is 14.0. The number of nitro groups is 1. The number of rotatable bonds is 24. The van der Waals surface area contributed by atoms with Gasteiger partial charge in [-0.15, -0.1) is 0 Å². The van der Waals surface area contributed by atoms with E-state index in [-0.39, 0.29) is 135 Å². The SMILES string of the molecule is CN(C(=O)CCc1cccc(F)c1Cl)[C@H](COC(=O)Nc1cc2ccccc2cn1)CC(=N)C(=O)c1ccccc1.CN[C@H](COC(=O)Nc1cc2ccccc2cn1)CC(=N)C(=O)c1ccccc1.O=C(CCc1cccc(F)c1Cl)Oc1ccc([N+](=O)[O-])cc1.S.S. The number of Topliss-reactive ketones (excluding diaryl/α,β-unsaturated/α-hetero) is 2. The van der Waals surface area contributed by atoms with E-state index in [1.54, 1.807) is 98.3 Å². The Morgan fingerprint density at radius 2 is 1.02 bits per heavy atom. The van der Waals surface area contributed by atoms with Crippen molar-refractivity contribution in [2.75, 3.05) is 37.9 Å². The number of hydrogen-bond acceptors (Lipinski definition) is 16. The van der Waals surface area contributed by atoms with E-state index < -0.39 is 46.5 Å². The molecule has 2 heterocycles. The van der Waals surface area contributed by atoms with Crippen molar-refractivity contribution in [3.63, 3.8) is 0 Å². The number of ether oxygens (including phenoxy) is 3. The monoisotopic (exact) mass is 1360 g/mol. The van der Waals surface area contributed by atoms with Crippen LogP contribution in [0.15, 0.2) is 194 Å². The fourth-order valence-electron chi connectivity index (χ4n) is 8.84. The van der Waals surface area contributed by atoms with Gasteiger partial charge in [0.1, 0.15) is 42.2 Å². The van der Waals surface area contributed by atoms with Crippen LogP contribution in [0.3, 0.4) is 0 Å². The molecule has 0 fully saturated rings. The Morgan fingerprint density at radius 1 is 0.585 bits per heavy atom. The van der Waals surface area contributed by atoms with Crippen LogP contribution >= 0.6 is 50.2 Å². The molecule has 9 rings (SSSR count). The normalized spacial score (nSPS) is 11.0. The van der Waals surface area contributed by atoms with Gasteiger partial charge in [0.2, 0.25) is 17.5 Å². The number of carbonyl (C=O) groups is 6. The van der Waals surface area contributed by atoms with Gasteiger partial charge in [-0.05, 0) is 78.2 Å². The average molecular weight is 1360 g/mol. The van der Waals surface area contributed by atoms with E-state index >= 15 is 0 Å². The highest BCUT2D eigenvalue weighted by Gasteiger charge is 2.27. The molecule has 7 aromatic carbocycles.